The molecule has 1 fully saturated rings. The van der Waals surface area contributed by atoms with Crippen molar-refractivity contribution >= 4 is 11.8 Å². The van der Waals surface area contributed by atoms with Gasteiger partial charge in [-0.3, -0.25) is 14.5 Å². The number of ketones is 1. The Bertz CT molecular complexity index is 596. The predicted molar refractivity (Wildman–Crippen MR) is 88.9 cm³/mol. The third-order valence-electron chi connectivity index (χ3n) is 5.21. The summed E-state index contributed by atoms with van der Waals surface area (Å²) in [6, 6.07) is 6.26. The normalized spacial score (nSPS) is 21.1. The van der Waals surface area contributed by atoms with E-state index in [0.717, 1.165) is 37.8 Å². The van der Waals surface area contributed by atoms with E-state index in [9.17, 15) is 9.59 Å². The molecule has 1 aromatic carbocycles. The molecule has 0 saturated carbocycles. The van der Waals surface area contributed by atoms with Crippen LogP contribution in [-0.2, 0) is 17.6 Å². The Labute approximate surface area is 137 Å². The van der Waals surface area contributed by atoms with Crippen LogP contribution in [0.1, 0.15) is 60.0 Å². The second-order valence-corrected chi connectivity index (χ2v) is 6.79. The highest BCUT2D eigenvalue weighted by Crippen LogP contribution is 2.24. The number of carbonyl (C=O) groups is 2. The molecule has 1 N–H and O–H groups in total. The van der Waals surface area contributed by atoms with Gasteiger partial charge in [0.15, 0.2) is 5.78 Å². The molecule has 1 atom stereocenters. The topological polar surface area (TPSA) is 57.6 Å². The van der Waals surface area contributed by atoms with Crippen LogP contribution in [0.3, 0.4) is 0 Å². The monoisotopic (exact) mass is 315 g/mol. The molecule has 0 spiro atoms. The van der Waals surface area contributed by atoms with Crippen LogP contribution in [0.2, 0.25) is 0 Å². The number of carbonyl (C=O) groups excluding carboxylic acids is 1. The number of benzene rings is 1. The quantitative estimate of drug-likeness (QED) is 0.820. The third kappa shape index (κ3) is 3.99. The van der Waals surface area contributed by atoms with Gasteiger partial charge in [-0.25, -0.2) is 0 Å². The van der Waals surface area contributed by atoms with Crippen LogP contribution < -0.4 is 0 Å². The number of aliphatic carboxylic acids is 1. The van der Waals surface area contributed by atoms with Gasteiger partial charge < -0.3 is 5.11 Å². The van der Waals surface area contributed by atoms with E-state index in [2.05, 4.69) is 17.0 Å². The number of fused-ring (bicyclic) bond motifs is 1. The average molecular weight is 315 g/mol. The van der Waals surface area contributed by atoms with E-state index in [0.29, 0.717) is 13.0 Å². The molecule has 2 aliphatic rings. The van der Waals surface area contributed by atoms with Crippen molar-refractivity contribution in [2.75, 3.05) is 13.1 Å². The molecular weight excluding hydrogens is 290 g/mol. The van der Waals surface area contributed by atoms with Crippen molar-refractivity contribution in [3.8, 4) is 0 Å². The van der Waals surface area contributed by atoms with Crippen LogP contribution >= 0.6 is 0 Å². The van der Waals surface area contributed by atoms with Gasteiger partial charge in [0.05, 0.1) is 6.42 Å². The molecule has 1 heterocycles. The van der Waals surface area contributed by atoms with Gasteiger partial charge in [-0.15, -0.1) is 0 Å². The van der Waals surface area contributed by atoms with E-state index in [4.69, 9.17) is 5.11 Å². The van der Waals surface area contributed by atoms with Crippen molar-refractivity contribution in [3.63, 3.8) is 0 Å². The molecule has 124 valence electrons. The summed E-state index contributed by atoms with van der Waals surface area (Å²) in [6.07, 6.45) is 7.32. The number of rotatable bonds is 6. The summed E-state index contributed by atoms with van der Waals surface area (Å²) in [4.78, 5) is 25.5. The molecule has 4 heteroatoms. The fourth-order valence-corrected chi connectivity index (χ4v) is 3.92. The van der Waals surface area contributed by atoms with Gasteiger partial charge in [0.2, 0.25) is 0 Å². The third-order valence-corrected chi connectivity index (χ3v) is 5.21. The van der Waals surface area contributed by atoms with Crippen molar-refractivity contribution in [1.82, 2.24) is 4.90 Å². The van der Waals surface area contributed by atoms with Crippen LogP contribution in [0, 0.1) is 0 Å². The summed E-state index contributed by atoms with van der Waals surface area (Å²) in [7, 11) is 0. The van der Waals surface area contributed by atoms with Crippen molar-refractivity contribution < 1.29 is 14.7 Å². The second kappa shape index (κ2) is 7.26. The molecule has 4 nitrogen and oxygen atoms in total. The van der Waals surface area contributed by atoms with Gasteiger partial charge in [-0.2, -0.15) is 0 Å². The zero-order chi connectivity index (χ0) is 16.2. The van der Waals surface area contributed by atoms with Crippen LogP contribution in [0.15, 0.2) is 18.2 Å². The molecule has 0 amide bonds. The standard InChI is InChI=1S/C19H25NO3/c21-18(9-11-20-10-3-6-17(20)13-19(22)23)16-8-7-14-4-1-2-5-15(14)12-16/h7-8,12,17H,1-6,9-11,13H2,(H,22,23). The van der Waals surface area contributed by atoms with Crippen molar-refractivity contribution in [2.24, 2.45) is 0 Å². The minimum absolute atomic E-state index is 0.101. The second-order valence-electron chi connectivity index (χ2n) is 6.79. The van der Waals surface area contributed by atoms with Gasteiger partial charge >= 0.3 is 5.97 Å². The molecule has 1 aliphatic heterocycles. The molecule has 1 aliphatic carbocycles. The number of hydrogen-bond donors (Lipinski definition) is 1. The fourth-order valence-electron chi connectivity index (χ4n) is 3.92. The number of Topliss-reactive ketones (excluding diaryl/α,β-unsaturated/α-hetero) is 1. The number of carboxylic acid groups (broad SMARTS) is 1. The smallest absolute Gasteiger partial charge is 0.304 e. The Hall–Kier alpha value is -1.68. The summed E-state index contributed by atoms with van der Waals surface area (Å²) in [5.41, 5.74) is 3.56. The number of likely N-dealkylation sites (tertiary alicyclic amines) is 1. The summed E-state index contributed by atoms with van der Waals surface area (Å²) in [5, 5.41) is 8.97. The Morgan fingerprint density at radius 2 is 1.91 bits per heavy atom. The average Bonchev–Trinajstić information content (AvgIpc) is 2.98. The van der Waals surface area contributed by atoms with Crippen LogP contribution in [-0.4, -0.2) is 40.9 Å². The molecule has 1 saturated heterocycles. The lowest BCUT2D eigenvalue weighted by atomic mass is 9.89. The highest BCUT2D eigenvalue weighted by atomic mass is 16.4. The first-order valence-corrected chi connectivity index (χ1v) is 8.74. The fraction of sp³-hybridized carbons (Fsp3) is 0.579. The highest BCUT2D eigenvalue weighted by Gasteiger charge is 2.26. The van der Waals surface area contributed by atoms with Gasteiger partial charge in [0.25, 0.3) is 0 Å². The Morgan fingerprint density at radius 3 is 2.70 bits per heavy atom. The SMILES string of the molecule is O=C(O)CC1CCCN1CCC(=O)c1ccc2c(c1)CCCC2. The summed E-state index contributed by atoms with van der Waals surface area (Å²) in [6.45, 7) is 1.59. The Kier molecular flexibility index (Phi) is 5.11. The molecular formula is C19H25NO3. The zero-order valence-corrected chi connectivity index (χ0v) is 13.6. The number of carboxylic acids is 1. The predicted octanol–water partition coefficient (Wildman–Crippen LogP) is 3.08. The summed E-state index contributed by atoms with van der Waals surface area (Å²) >= 11 is 0. The first kappa shape index (κ1) is 16.2. The van der Waals surface area contributed by atoms with Crippen LogP contribution in [0.5, 0.6) is 0 Å². The van der Waals surface area contributed by atoms with Crippen LogP contribution in [0.4, 0.5) is 0 Å². The summed E-state index contributed by atoms with van der Waals surface area (Å²) < 4.78 is 0. The minimum Gasteiger partial charge on any atom is -0.481 e. The molecule has 0 radical (unpaired) electrons. The van der Waals surface area contributed by atoms with Gasteiger partial charge in [-0.1, -0.05) is 12.1 Å². The lowest BCUT2D eigenvalue weighted by Gasteiger charge is -2.22. The molecule has 0 aromatic heterocycles. The van der Waals surface area contributed by atoms with Gasteiger partial charge in [0, 0.05) is 24.6 Å². The zero-order valence-electron chi connectivity index (χ0n) is 13.6. The van der Waals surface area contributed by atoms with Crippen LogP contribution in [0.25, 0.3) is 0 Å². The van der Waals surface area contributed by atoms with E-state index in [1.54, 1.807) is 0 Å². The lowest BCUT2D eigenvalue weighted by molar-refractivity contribution is -0.138. The molecule has 3 rings (SSSR count). The first-order chi connectivity index (χ1) is 11.1. The van der Waals surface area contributed by atoms with Gasteiger partial charge in [0.1, 0.15) is 0 Å². The van der Waals surface area contributed by atoms with E-state index in [1.165, 1.54) is 24.0 Å². The molecule has 1 aromatic rings. The minimum atomic E-state index is -0.747. The maximum absolute atomic E-state index is 12.5. The highest BCUT2D eigenvalue weighted by molar-refractivity contribution is 5.96. The van der Waals surface area contributed by atoms with Crippen molar-refractivity contribution in [1.29, 1.82) is 0 Å². The van der Waals surface area contributed by atoms with Gasteiger partial charge in [-0.05, 0) is 62.3 Å². The largest absolute Gasteiger partial charge is 0.481 e. The Balaban J connectivity index is 1.58. The maximum atomic E-state index is 12.5. The molecule has 1 unspecified atom stereocenters. The maximum Gasteiger partial charge on any atom is 0.304 e. The van der Waals surface area contributed by atoms with E-state index >= 15 is 0 Å². The first-order valence-electron chi connectivity index (χ1n) is 8.74. The van der Waals surface area contributed by atoms with Crippen molar-refractivity contribution in [2.45, 2.75) is 57.4 Å². The number of nitrogens with zero attached hydrogens (tertiary/aromatic N) is 1. The molecule has 23 heavy (non-hydrogen) atoms. The number of hydrogen-bond acceptors (Lipinski definition) is 3. The molecule has 0 bridgehead atoms. The Morgan fingerprint density at radius 1 is 1.13 bits per heavy atom. The van der Waals surface area contributed by atoms with E-state index in [1.807, 2.05) is 6.07 Å². The number of aryl methyl sites for hydroxylation is 2. The van der Waals surface area contributed by atoms with Crippen molar-refractivity contribution in [3.05, 3.63) is 34.9 Å². The van der Waals surface area contributed by atoms with E-state index in [-0.39, 0.29) is 18.2 Å². The van der Waals surface area contributed by atoms with E-state index < -0.39 is 5.97 Å². The summed E-state index contributed by atoms with van der Waals surface area (Å²) in [5.74, 6) is -0.567. The lowest BCUT2D eigenvalue weighted by Crippen LogP contribution is -2.33.